The van der Waals surface area contributed by atoms with Gasteiger partial charge in [0.25, 0.3) is 5.91 Å². The summed E-state index contributed by atoms with van der Waals surface area (Å²) in [7, 11) is 0. The number of halogens is 1. The van der Waals surface area contributed by atoms with Crippen LogP contribution in [0.1, 0.15) is 23.2 Å². The van der Waals surface area contributed by atoms with E-state index in [9.17, 15) is 9.59 Å². The molecule has 0 spiro atoms. The number of nitrogens with one attached hydrogen (secondary N) is 1. The van der Waals surface area contributed by atoms with Gasteiger partial charge in [0.05, 0.1) is 29.8 Å². The quantitative estimate of drug-likeness (QED) is 0.824. The normalized spacial score (nSPS) is 19.8. The molecular formula is C18H24ClN3O4. The minimum absolute atomic E-state index is 0.112. The summed E-state index contributed by atoms with van der Waals surface area (Å²) in [6.45, 7) is 3.43. The fourth-order valence-electron chi connectivity index (χ4n) is 3.22. The SMILES string of the molecule is NC(C(=O)Nc1ccc(C(=O)N2CCOCC2)c(Cl)c1)C1CCOCC1. The van der Waals surface area contributed by atoms with Gasteiger partial charge >= 0.3 is 0 Å². The highest BCUT2D eigenvalue weighted by Crippen LogP contribution is 2.24. The highest BCUT2D eigenvalue weighted by Gasteiger charge is 2.27. The number of nitrogens with zero attached hydrogens (tertiary/aromatic N) is 1. The van der Waals surface area contributed by atoms with E-state index < -0.39 is 6.04 Å². The Bertz CT molecular complexity index is 658. The molecule has 2 amide bonds. The van der Waals surface area contributed by atoms with Gasteiger partial charge in [0.2, 0.25) is 5.91 Å². The van der Waals surface area contributed by atoms with Gasteiger partial charge in [-0.1, -0.05) is 11.6 Å². The van der Waals surface area contributed by atoms with Gasteiger partial charge in [0.15, 0.2) is 0 Å². The highest BCUT2D eigenvalue weighted by molar-refractivity contribution is 6.34. The summed E-state index contributed by atoms with van der Waals surface area (Å²) < 4.78 is 10.6. The van der Waals surface area contributed by atoms with Crippen LogP contribution in [-0.2, 0) is 14.3 Å². The molecule has 2 aliphatic heterocycles. The van der Waals surface area contributed by atoms with Crippen LogP contribution in [0.15, 0.2) is 18.2 Å². The standard InChI is InChI=1S/C18H24ClN3O4/c19-15-11-13(21-17(23)16(20)12-3-7-25-8-4-12)1-2-14(15)18(24)22-5-9-26-10-6-22/h1-2,11-12,16H,3-10,20H2,(H,21,23). The number of nitrogens with two attached hydrogens (primary N) is 1. The molecule has 0 aromatic heterocycles. The van der Waals surface area contributed by atoms with Gasteiger partial charge in [-0.15, -0.1) is 0 Å². The van der Waals surface area contributed by atoms with E-state index in [4.69, 9.17) is 26.8 Å². The van der Waals surface area contributed by atoms with Crippen molar-refractivity contribution in [1.82, 2.24) is 4.90 Å². The maximum absolute atomic E-state index is 12.5. The fourth-order valence-corrected chi connectivity index (χ4v) is 3.48. The lowest BCUT2D eigenvalue weighted by molar-refractivity contribution is -0.119. The molecule has 3 N–H and O–H groups in total. The van der Waals surface area contributed by atoms with E-state index in [1.807, 2.05) is 0 Å². The Kier molecular flexibility index (Phi) is 6.48. The van der Waals surface area contributed by atoms with Crippen molar-refractivity contribution in [3.05, 3.63) is 28.8 Å². The van der Waals surface area contributed by atoms with Gasteiger partial charge in [-0.2, -0.15) is 0 Å². The van der Waals surface area contributed by atoms with E-state index >= 15 is 0 Å². The van der Waals surface area contributed by atoms with Crippen LogP contribution in [0.25, 0.3) is 0 Å². The van der Waals surface area contributed by atoms with E-state index in [-0.39, 0.29) is 17.7 Å². The molecule has 7 nitrogen and oxygen atoms in total. The summed E-state index contributed by atoms with van der Waals surface area (Å²) in [5.41, 5.74) is 7.03. The van der Waals surface area contributed by atoms with Gasteiger partial charge in [0.1, 0.15) is 0 Å². The molecule has 2 saturated heterocycles. The Morgan fingerprint density at radius 2 is 1.81 bits per heavy atom. The van der Waals surface area contributed by atoms with Crippen LogP contribution in [0.2, 0.25) is 5.02 Å². The molecule has 0 saturated carbocycles. The fraction of sp³-hybridized carbons (Fsp3) is 0.556. The first kappa shape index (κ1) is 19.1. The maximum Gasteiger partial charge on any atom is 0.255 e. The number of morpholine rings is 1. The summed E-state index contributed by atoms with van der Waals surface area (Å²) in [5, 5.41) is 3.10. The molecule has 3 rings (SSSR count). The molecule has 2 fully saturated rings. The van der Waals surface area contributed by atoms with E-state index in [1.165, 1.54) is 0 Å². The first-order valence-electron chi connectivity index (χ1n) is 8.87. The van der Waals surface area contributed by atoms with E-state index in [1.54, 1.807) is 23.1 Å². The molecule has 8 heteroatoms. The Balaban J connectivity index is 1.63. The van der Waals surface area contributed by atoms with Crippen LogP contribution in [0.3, 0.4) is 0 Å². The molecule has 1 aromatic rings. The third-order valence-electron chi connectivity index (χ3n) is 4.84. The Morgan fingerprint density at radius 1 is 1.15 bits per heavy atom. The molecule has 0 aliphatic carbocycles. The summed E-state index contributed by atoms with van der Waals surface area (Å²) in [4.78, 5) is 26.6. The maximum atomic E-state index is 12.5. The zero-order valence-corrected chi connectivity index (χ0v) is 15.3. The van der Waals surface area contributed by atoms with Gasteiger partial charge < -0.3 is 25.4 Å². The van der Waals surface area contributed by atoms with Crippen LogP contribution >= 0.6 is 11.6 Å². The minimum Gasteiger partial charge on any atom is -0.381 e. The predicted molar refractivity (Wildman–Crippen MR) is 98.3 cm³/mol. The molecule has 0 bridgehead atoms. The summed E-state index contributed by atoms with van der Waals surface area (Å²) in [5.74, 6) is -0.267. The zero-order valence-electron chi connectivity index (χ0n) is 14.6. The number of ether oxygens (including phenoxy) is 2. The minimum atomic E-state index is -0.590. The monoisotopic (exact) mass is 381 g/mol. The van der Waals surface area contributed by atoms with Gasteiger partial charge in [0, 0.05) is 32.0 Å². The van der Waals surface area contributed by atoms with Crippen molar-refractivity contribution < 1.29 is 19.1 Å². The average Bonchev–Trinajstić information content (AvgIpc) is 2.68. The number of hydrogen-bond acceptors (Lipinski definition) is 5. The van der Waals surface area contributed by atoms with Crippen LogP contribution in [-0.4, -0.2) is 62.3 Å². The van der Waals surface area contributed by atoms with Crippen molar-refractivity contribution in [2.24, 2.45) is 11.7 Å². The predicted octanol–water partition coefficient (Wildman–Crippen LogP) is 1.50. The smallest absolute Gasteiger partial charge is 0.255 e. The largest absolute Gasteiger partial charge is 0.381 e. The molecule has 26 heavy (non-hydrogen) atoms. The van der Waals surface area contributed by atoms with Crippen LogP contribution in [0.4, 0.5) is 5.69 Å². The van der Waals surface area contributed by atoms with Gasteiger partial charge in [-0.3, -0.25) is 9.59 Å². The third kappa shape index (κ3) is 4.54. The summed E-state index contributed by atoms with van der Waals surface area (Å²) >= 11 is 6.28. The first-order valence-corrected chi connectivity index (χ1v) is 9.25. The van der Waals surface area contributed by atoms with Gasteiger partial charge in [-0.05, 0) is 37.0 Å². The molecule has 2 aliphatic rings. The van der Waals surface area contributed by atoms with E-state index in [0.29, 0.717) is 55.8 Å². The van der Waals surface area contributed by atoms with Crippen molar-refractivity contribution in [3.63, 3.8) is 0 Å². The second-order valence-corrected chi connectivity index (χ2v) is 6.97. The lowest BCUT2D eigenvalue weighted by atomic mass is 9.92. The number of benzene rings is 1. The van der Waals surface area contributed by atoms with Gasteiger partial charge in [-0.25, -0.2) is 0 Å². The van der Waals surface area contributed by atoms with Crippen LogP contribution < -0.4 is 11.1 Å². The van der Waals surface area contributed by atoms with Crippen molar-refractivity contribution >= 4 is 29.1 Å². The van der Waals surface area contributed by atoms with Crippen LogP contribution in [0, 0.1) is 5.92 Å². The summed E-state index contributed by atoms with van der Waals surface area (Å²) in [6, 6.07) is 4.31. The van der Waals surface area contributed by atoms with Crippen molar-refractivity contribution in [2.45, 2.75) is 18.9 Å². The second-order valence-electron chi connectivity index (χ2n) is 6.56. The molecule has 1 atom stereocenters. The third-order valence-corrected chi connectivity index (χ3v) is 5.15. The summed E-state index contributed by atoms with van der Waals surface area (Å²) in [6.07, 6.45) is 1.56. The molecule has 142 valence electrons. The molecule has 2 heterocycles. The molecule has 0 radical (unpaired) electrons. The number of carbonyl (C=O) groups excluding carboxylic acids is 2. The number of anilines is 1. The number of rotatable bonds is 4. The second kappa shape index (κ2) is 8.81. The highest BCUT2D eigenvalue weighted by atomic mass is 35.5. The lowest BCUT2D eigenvalue weighted by Crippen LogP contribution is -2.44. The van der Waals surface area contributed by atoms with E-state index in [2.05, 4.69) is 5.32 Å². The first-order chi connectivity index (χ1) is 12.6. The Hall–Kier alpha value is -1.67. The van der Waals surface area contributed by atoms with Crippen molar-refractivity contribution in [3.8, 4) is 0 Å². The average molecular weight is 382 g/mol. The zero-order chi connectivity index (χ0) is 18.5. The van der Waals surface area contributed by atoms with Crippen LogP contribution in [0.5, 0.6) is 0 Å². The Morgan fingerprint density at radius 3 is 2.46 bits per heavy atom. The Labute approximate surface area is 157 Å². The topological polar surface area (TPSA) is 93.9 Å². The van der Waals surface area contributed by atoms with Crippen molar-refractivity contribution in [1.29, 1.82) is 0 Å². The molecule has 1 unspecified atom stereocenters. The number of hydrogen-bond donors (Lipinski definition) is 2. The molecule has 1 aromatic carbocycles. The number of carbonyl (C=O) groups is 2. The van der Waals surface area contributed by atoms with Crippen molar-refractivity contribution in [2.75, 3.05) is 44.8 Å². The molecular weight excluding hydrogens is 358 g/mol. The number of amides is 2. The lowest BCUT2D eigenvalue weighted by Gasteiger charge is -2.27. The van der Waals surface area contributed by atoms with E-state index in [0.717, 1.165) is 12.8 Å².